The maximum atomic E-state index is 13.9. The van der Waals surface area contributed by atoms with Gasteiger partial charge in [0.05, 0.1) is 23.1 Å². The lowest BCUT2D eigenvalue weighted by atomic mass is 9.76. The molecule has 2 heterocycles. The smallest absolute Gasteiger partial charge is 0.436 e. The van der Waals surface area contributed by atoms with Gasteiger partial charge >= 0.3 is 6.09 Å². The van der Waals surface area contributed by atoms with Crippen LogP contribution in [0, 0.1) is 17.2 Å². The zero-order valence-electron chi connectivity index (χ0n) is 16.3. The Kier molecular flexibility index (Phi) is 4.41. The minimum absolute atomic E-state index is 0.0276. The molecule has 0 bridgehead atoms. The SMILES string of the molecule is COC(=O)n1c(=O)c2c(n1C)N=C1CC(C)(C)C(=O)C1C2c1ccc(F)c(Br)c1. The zero-order chi connectivity index (χ0) is 21.2. The van der Waals surface area contributed by atoms with E-state index >= 15 is 0 Å². The van der Waals surface area contributed by atoms with Gasteiger partial charge in [0, 0.05) is 24.1 Å². The number of fused-ring (bicyclic) bond motifs is 2. The van der Waals surface area contributed by atoms with Crippen LogP contribution >= 0.6 is 15.9 Å². The predicted molar refractivity (Wildman–Crippen MR) is 107 cm³/mol. The second-order valence-electron chi connectivity index (χ2n) is 8.00. The first-order valence-corrected chi connectivity index (χ1v) is 9.84. The lowest BCUT2D eigenvalue weighted by Gasteiger charge is -2.27. The van der Waals surface area contributed by atoms with Crippen molar-refractivity contribution in [1.82, 2.24) is 9.36 Å². The largest absolute Gasteiger partial charge is 0.451 e. The van der Waals surface area contributed by atoms with Gasteiger partial charge in [-0.25, -0.2) is 14.2 Å². The molecule has 1 fully saturated rings. The van der Waals surface area contributed by atoms with Gasteiger partial charge in [-0.05, 0) is 40.0 Å². The van der Waals surface area contributed by atoms with Gasteiger partial charge in [-0.15, -0.1) is 4.68 Å². The summed E-state index contributed by atoms with van der Waals surface area (Å²) in [6, 6.07) is 4.42. The maximum absolute atomic E-state index is 13.9. The molecular formula is C20H19BrFN3O4. The highest BCUT2D eigenvalue weighted by molar-refractivity contribution is 9.10. The summed E-state index contributed by atoms with van der Waals surface area (Å²) in [5.41, 5.74) is 0.275. The van der Waals surface area contributed by atoms with Gasteiger partial charge < -0.3 is 4.74 Å². The number of nitrogens with zero attached hydrogens (tertiary/aromatic N) is 3. The third-order valence-electron chi connectivity index (χ3n) is 5.75. The molecule has 1 aliphatic heterocycles. The van der Waals surface area contributed by atoms with Gasteiger partial charge in [0.2, 0.25) is 0 Å². The van der Waals surface area contributed by atoms with Crippen LogP contribution in [0.5, 0.6) is 0 Å². The Morgan fingerprint density at radius 3 is 2.62 bits per heavy atom. The Morgan fingerprint density at radius 2 is 2.00 bits per heavy atom. The van der Waals surface area contributed by atoms with Gasteiger partial charge in [-0.3, -0.25) is 14.3 Å². The van der Waals surface area contributed by atoms with E-state index in [1.54, 1.807) is 19.2 Å². The van der Waals surface area contributed by atoms with Crippen LogP contribution in [0.15, 0.2) is 32.5 Å². The van der Waals surface area contributed by atoms with Gasteiger partial charge in [-0.2, -0.15) is 0 Å². The monoisotopic (exact) mass is 463 g/mol. The van der Waals surface area contributed by atoms with Crippen LogP contribution in [0.4, 0.5) is 15.0 Å². The normalized spacial score (nSPS) is 22.1. The number of aliphatic imine (C=N–C) groups is 1. The number of aromatic nitrogens is 2. The summed E-state index contributed by atoms with van der Waals surface area (Å²) in [6.45, 7) is 3.70. The van der Waals surface area contributed by atoms with Crippen molar-refractivity contribution in [2.75, 3.05) is 7.11 Å². The fourth-order valence-electron chi connectivity index (χ4n) is 4.35. The number of Topliss-reactive ketones (excluding diaryl/α,β-unsaturated/α-hetero) is 1. The molecule has 4 rings (SSSR count). The molecule has 1 aromatic heterocycles. The molecule has 1 saturated carbocycles. The summed E-state index contributed by atoms with van der Waals surface area (Å²) in [5, 5.41) is 0. The average molecular weight is 464 g/mol. The Bertz CT molecular complexity index is 1160. The van der Waals surface area contributed by atoms with Crippen molar-refractivity contribution in [2.24, 2.45) is 23.4 Å². The lowest BCUT2D eigenvalue weighted by molar-refractivity contribution is -0.127. The number of hydrogen-bond donors (Lipinski definition) is 0. The van der Waals surface area contributed by atoms with E-state index in [1.165, 1.54) is 17.9 Å². The molecule has 2 atom stereocenters. The van der Waals surface area contributed by atoms with Crippen molar-refractivity contribution < 1.29 is 18.7 Å². The fourth-order valence-corrected chi connectivity index (χ4v) is 4.75. The molecule has 0 spiro atoms. The number of hydrogen-bond acceptors (Lipinski definition) is 5. The number of ketones is 1. The van der Waals surface area contributed by atoms with Crippen LogP contribution in [-0.4, -0.2) is 34.1 Å². The van der Waals surface area contributed by atoms with Crippen molar-refractivity contribution >= 4 is 39.3 Å². The van der Waals surface area contributed by atoms with E-state index in [2.05, 4.69) is 20.9 Å². The van der Waals surface area contributed by atoms with E-state index in [4.69, 9.17) is 4.74 Å². The standard InChI is InChI=1S/C20H19BrFN3O4/c1-20(2)8-12-14(16(20)26)13(9-5-6-11(22)10(21)7-9)15-17(23-12)24(3)25(18(15)27)19(28)29-4/h5-7,13-14H,8H2,1-4H3. The van der Waals surface area contributed by atoms with Gasteiger partial charge in [-0.1, -0.05) is 19.9 Å². The first-order chi connectivity index (χ1) is 13.6. The number of ether oxygens (including phenoxy) is 1. The molecule has 0 amide bonds. The molecule has 2 unspecified atom stereocenters. The summed E-state index contributed by atoms with van der Waals surface area (Å²) >= 11 is 3.18. The van der Waals surface area contributed by atoms with Crippen LogP contribution in [0.1, 0.15) is 37.3 Å². The zero-order valence-corrected chi connectivity index (χ0v) is 17.9. The number of carbonyl (C=O) groups is 2. The number of methoxy groups -OCH3 is 1. The average Bonchev–Trinajstić information content (AvgIpc) is 3.05. The topological polar surface area (TPSA) is 82.7 Å². The first-order valence-electron chi connectivity index (χ1n) is 9.05. The highest BCUT2D eigenvalue weighted by atomic mass is 79.9. The Balaban J connectivity index is 2.04. The van der Waals surface area contributed by atoms with Gasteiger partial charge in [0.1, 0.15) is 11.6 Å². The summed E-state index contributed by atoms with van der Waals surface area (Å²) in [5.74, 6) is -1.48. The molecule has 1 aliphatic carbocycles. The van der Waals surface area contributed by atoms with Crippen molar-refractivity contribution in [3.05, 3.63) is 50.0 Å². The summed E-state index contributed by atoms with van der Waals surface area (Å²) < 4.78 is 21.0. The molecule has 0 radical (unpaired) electrons. The number of halogens is 2. The van der Waals surface area contributed by atoms with Crippen molar-refractivity contribution in [3.63, 3.8) is 0 Å². The molecule has 2 aliphatic rings. The quantitative estimate of drug-likeness (QED) is 0.647. The van der Waals surface area contributed by atoms with E-state index < -0.39 is 34.7 Å². The van der Waals surface area contributed by atoms with E-state index in [-0.39, 0.29) is 15.8 Å². The highest BCUT2D eigenvalue weighted by Gasteiger charge is 2.53. The summed E-state index contributed by atoms with van der Waals surface area (Å²) in [6.07, 6.45) is -0.394. The molecule has 9 heteroatoms. The van der Waals surface area contributed by atoms with Crippen LogP contribution in [0.3, 0.4) is 0 Å². The van der Waals surface area contributed by atoms with Crippen LogP contribution < -0.4 is 5.56 Å². The van der Waals surface area contributed by atoms with Crippen molar-refractivity contribution in [3.8, 4) is 0 Å². The molecule has 7 nitrogen and oxygen atoms in total. The van der Waals surface area contributed by atoms with E-state index in [0.29, 0.717) is 23.5 Å². The van der Waals surface area contributed by atoms with E-state index in [9.17, 15) is 18.8 Å². The molecule has 152 valence electrons. The van der Waals surface area contributed by atoms with Crippen LogP contribution in [-0.2, 0) is 16.6 Å². The maximum Gasteiger partial charge on any atom is 0.436 e. The van der Waals surface area contributed by atoms with Gasteiger partial charge in [0.15, 0.2) is 5.82 Å². The van der Waals surface area contributed by atoms with E-state index in [0.717, 1.165) is 4.68 Å². The second kappa shape index (κ2) is 6.48. The van der Waals surface area contributed by atoms with Crippen molar-refractivity contribution in [2.45, 2.75) is 26.2 Å². The molecule has 1 aromatic carbocycles. The predicted octanol–water partition coefficient (Wildman–Crippen LogP) is 3.54. The second-order valence-corrected chi connectivity index (χ2v) is 8.86. The molecule has 29 heavy (non-hydrogen) atoms. The number of rotatable bonds is 1. The molecule has 2 aromatic rings. The highest BCUT2D eigenvalue weighted by Crippen LogP contribution is 2.50. The Morgan fingerprint density at radius 1 is 1.31 bits per heavy atom. The van der Waals surface area contributed by atoms with Gasteiger partial charge in [0.25, 0.3) is 5.56 Å². The number of carbonyl (C=O) groups excluding carboxylic acids is 2. The number of benzene rings is 1. The van der Waals surface area contributed by atoms with E-state index in [1.807, 2.05) is 13.8 Å². The lowest BCUT2D eigenvalue weighted by Crippen LogP contribution is -2.34. The molecule has 0 saturated heterocycles. The molecular weight excluding hydrogens is 445 g/mol. The minimum Gasteiger partial charge on any atom is -0.451 e. The Hall–Kier alpha value is -2.55. The minimum atomic E-state index is -0.844. The third-order valence-corrected chi connectivity index (χ3v) is 6.35. The van der Waals surface area contributed by atoms with Crippen LogP contribution in [0.25, 0.3) is 0 Å². The molecule has 0 N–H and O–H groups in total. The summed E-state index contributed by atoms with van der Waals surface area (Å²) in [7, 11) is 2.73. The summed E-state index contributed by atoms with van der Waals surface area (Å²) in [4.78, 5) is 43.2. The van der Waals surface area contributed by atoms with Crippen molar-refractivity contribution in [1.29, 1.82) is 0 Å². The Labute approximate surface area is 174 Å². The fraction of sp³-hybridized carbons (Fsp3) is 0.400. The third kappa shape index (κ3) is 2.74. The van der Waals surface area contributed by atoms with Crippen LogP contribution in [0.2, 0.25) is 0 Å². The first kappa shape index (κ1) is 19.8.